The summed E-state index contributed by atoms with van der Waals surface area (Å²) in [6.07, 6.45) is 0. The highest BCUT2D eigenvalue weighted by molar-refractivity contribution is 7.92. The molecule has 0 bridgehead atoms. The number of carbonyl (C=O) groups is 2. The third-order valence-electron chi connectivity index (χ3n) is 5.95. The van der Waals surface area contributed by atoms with Crippen LogP contribution in [-0.2, 0) is 26.2 Å². The largest absolute Gasteiger partial charge is 0.355 e. The third kappa shape index (κ3) is 6.31. The summed E-state index contributed by atoms with van der Waals surface area (Å²) in [6, 6.07) is 22.0. The lowest BCUT2D eigenvalue weighted by molar-refractivity contribution is -0.139. The molecule has 0 radical (unpaired) electrons. The van der Waals surface area contributed by atoms with Crippen molar-refractivity contribution in [2.75, 3.05) is 17.4 Å². The molecule has 7 nitrogen and oxygen atoms in total. The number of hydrogen-bond donors (Lipinski definition) is 1. The fourth-order valence-electron chi connectivity index (χ4n) is 4.00. The molecule has 0 aliphatic rings. The van der Waals surface area contributed by atoms with E-state index in [0.29, 0.717) is 12.2 Å². The van der Waals surface area contributed by atoms with Crippen molar-refractivity contribution in [1.82, 2.24) is 10.2 Å². The Hall–Kier alpha value is -3.65. The third-order valence-corrected chi connectivity index (χ3v) is 7.72. The first-order chi connectivity index (χ1) is 17.1. The van der Waals surface area contributed by atoms with Gasteiger partial charge in [0.1, 0.15) is 12.6 Å². The van der Waals surface area contributed by atoms with Gasteiger partial charge >= 0.3 is 0 Å². The molecule has 36 heavy (non-hydrogen) atoms. The highest BCUT2D eigenvalue weighted by Gasteiger charge is 2.32. The average Bonchev–Trinajstić information content (AvgIpc) is 2.87. The number of benzene rings is 3. The summed E-state index contributed by atoms with van der Waals surface area (Å²) in [5.41, 5.74) is 2.97. The molecular formula is C28H33N3O4S. The zero-order valence-corrected chi connectivity index (χ0v) is 22.0. The Morgan fingerprint density at radius 3 is 2.11 bits per heavy atom. The van der Waals surface area contributed by atoms with Gasteiger partial charge in [-0.25, -0.2) is 8.42 Å². The molecule has 190 valence electrons. The minimum atomic E-state index is -4.06. The maximum absolute atomic E-state index is 13.8. The molecule has 0 fully saturated rings. The monoisotopic (exact) mass is 507 g/mol. The normalized spacial score (nSPS) is 12.0. The van der Waals surface area contributed by atoms with Crippen molar-refractivity contribution in [3.8, 4) is 0 Å². The van der Waals surface area contributed by atoms with Crippen LogP contribution in [0.2, 0.25) is 0 Å². The van der Waals surface area contributed by atoms with E-state index in [0.717, 1.165) is 21.0 Å². The molecule has 0 spiro atoms. The number of carbonyl (C=O) groups excluding carboxylic acids is 2. The van der Waals surface area contributed by atoms with Crippen LogP contribution in [-0.4, -0.2) is 44.3 Å². The van der Waals surface area contributed by atoms with Gasteiger partial charge in [-0.1, -0.05) is 66.2 Å². The number of rotatable bonds is 10. The van der Waals surface area contributed by atoms with E-state index in [1.807, 2.05) is 63.2 Å². The summed E-state index contributed by atoms with van der Waals surface area (Å²) in [4.78, 5) is 28.0. The predicted octanol–water partition coefficient (Wildman–Crippen LogP) is 4.05. The van der Waals surface area contributed by atoms with Crippen LogP contribution in [0.4, 0.5) is 5.69 Å². The van der Waals surface area contributed by atoms with Gasteiger partial charge < -0.3 is 10.2 Å². The minimum Gasteiger partial charge on any atom is -0.355 e. The molecule has 8 heteroatoms. The summed E-state index contributed by atoms with van der Waals surface area (Å²) < 4.78 is 28.7. The average molecular weight is 508 g/mol. The van der Waals surface area contributed by atoms with Crippen molar-refractivity contribution in [3.63, 3.8) is 0 Å². The van der Waals surface area contributed by atoms with E-state index in [1.54, 1.807) is 31.2 Å². The second-order valence-corrected chi connectivity index (χ2v) is 10.6. The lowest BCUT2D eigenvalue weighted by atomic mass is 10.1. The van der Waals surface area contributed by atoms with Crippen molar-refractivity contribution in [1.29, 1.82) is 0 Å². The van der Waals surface area contributed by atoms with Crippen molar-refractivity contribution < 1.29 is 18.0 Å². The number of likely N-dealkylation sites (N-methyl/N-ethyl adjacent to an activating group) is 1. The predicted molar refractivity (Wildman–Crippen MR) is 142 cm³/mol. The molecule has 0 aliphatic heterocycles. The Morgan fingerprint density at radius 2 is 1.53 bits per heavy atom. The SMILES string of the molecule is CCNC(=O)[C@@H](C)N(Cc1ccccc1)C(=O)CN(c1ccc(C)cc1C)S(=O)(=O)c1ccccc1. The first-order valence-corrected chi connectivity index (χ1v) is 13.3. The first-order valence-electron chi connectivity index (χ1n) is 11.9. The Balaban J connectivity index is 2.04. The Morgan fingerprint density at radius 1 is 0.917 bits per heavy atom. The summed E-state index contributed by atoms with van der Waals surface area (Å²) in [5, 5.41) is 2.76. The van der Waals surface area contributed by atoms with Crippen LogP contribution in [0.15, 0.2) is 83.8 Å². The molecule has 3 aromatic carbocycles. The summed E-state index contributed by atoms with van der Waals surface area (Å²) in [5.74, 6) is -0.775. The first kappa shape index (κ1) is 26.9. The van der Waals surface area contributed by atoms with Gasteiger partial charge in [0.25, 0.3) is 10.0 Å². The number of aryl methyl sites for hydroxylation is 2. The van der Waals surface area contributed by atoms with Crippen molar-refractivity contribution in [2.24, 2.45) is 0 Å². The number of amides is 2. The van der Waals surface area contributed by atoms with Gasteiger partial charge in [-0.05, 0) is 57.0 Å². The summed E-state index contributed by atoms with van der Waals surface area (Å²) >= 11 is 0. The number of sulfonamides is 1. The van der Waals surface area contributed by atoms with Crippen LogP contribution in [0, 0.1) is 13.8 Å². The van der Waals surface area contributed by atoms with E-state index in [2.05, 4.69) is 5.32 Å². The molecule has 1 N–H and O–H groups in total. The maximum Gasteiger partial charge on any atom is 0.264 e. The summed E-state index contributed by atoms with van der Waals surface area (Å²) in [6.45, 7) is 7.35. The quantitative estimate of drug-likeness (QED) is 0.449. The van der Waals surface area contributed by atoms with Gasteiger partial charge in [-0.15, -0.1) is 0 Å². The number of anilines is 1. The van der Waals surface area contributed by atoms with Crippen LogP contribution in [0.1, 0.15) is 30.5 Å². The lowest BCUT2D eigenvalue weighted by Crippen LogP contribution is -2.51. The summed E-state index contributed by atoms with van der Waals surface area (Å²) in [7, 11) is -4.06. The topological polar surface area (TPSA) is 86.8 Å². The molecule has 0 saturated carbocycles. The van der Waals surface area contributed by atoms with Gasteiger partial charge in [0.15, 0.2) is 0 Å². The van der Waals surface area contributed by atoms with E-state index in [1.165, 1.54) is 17.0 Å². The molecule has 2 amide bonds. The molecule has 0 heterocycles. The van der Waals surface area contributed by atoms with Crippen LogP contribution < -0.4 is 9.62 Å². The highest BCUT2D eigenvalue weighted by atomic mass is 32.2. The second kappa shape index (κ2) is 11.9. The molecule has 0 unspecified atom stereocenters. The standard InChI is InChI=1S/C28H33N3O4S/c1-5-29-28(33)23(4)30(19-24-12-8-6-9-13-24)27(32)20-31(26-17-16-21(2)18-22(26)3)36(34,35)25-14-10-7-11-15-25/h6-18,23H,5,19-20H2,1-4H3,(H,29,33)/t23-/m1/s1. The smallest absolute Gasteiger partial charge is 0.264 e. The van der Waals surface area contributed by atoms with Gasteiger partial charge in [-0.3, -0.25) is 13.9 Å². The van der Waals surface area contributed by atoms with E-state index in [-0.39, 0.29) is 17.3 Å². The second-order valence-electron chi connectivity index (χ2n) is 8.69. The molecular weight excluding hydrogens is 474 g/mol. The minimum absolute atomic E-state index is 0.0872. The zero-order chi connectivity index (χ0) is 26.3. The molecule has 1 atom stereocenters. The maximum atomic E-state index is 13.8. The number of hydrogen-bond acceptors (Lipinski definition) is 4. The van der Waals surface area contributed by atoms with Crippen LogP contribution in [0.25, 0.3) is 0 Å². The molecule has 0 aliphatic carbocycles. The zero-order valence-electron chi connectivity index (χ0n) is 21.1. The van der Waals surface area contributed by atoms with E-state index < -0.39 is 28.5 Å². The van der Waals surface area contributed by atoms with Gasteiger partial charge in [0.05, 0.1) is 10.6 Å². The molecule has 0 saturated heterocycles. The number of nitrogens with one attached hydrogen (secondary N) is 1. The van der Waals surface area contributed by atoms with Crippen LogP contribution in [0.5, 0.6) is 0 Å². The number of nitrogens with zero attached hydrogens (tertiary/aromatic N) is 2. The van der Waals surface area contributed by atoms with E-state index >= 15 is 0 Å². The van der Waals surface area contributed by atoms with E-state index in [4.69, 9.17) is 0 Å². The fraction of sp³-hybridized carbons (Fsp3) is 0.286. The molecule has 0 aromatic heterocycles. The Labute approximate surface area is 213 Å². The molecule has 3 aromatic rings. The Kier molecular flexibility index (Phi) is 8.88. The van der Waals surface area contributed by atoms with E-state index in [9.17, 15) is 18.0 Å². The highest BCUT2D eigenvalue weighted by Crippen LogP contribution is 2.28. The fourth-order valence-corrected chi connectivity index (χ4v) is 5.50. The van der Waals surface area contributed by atoms with Gasteiger partial charge in [-0.2, -0.15) is 0 Å². The Bertz CT molecular complexity index is 1290. The van der Waals surface area contributed by atoms with Gasteiger partial charge in [0, 0.05) is 13.1 Å². The van der Waals surface area contributed by atoms with Crippen molar-refractivity contribution >= 4 is 27.5 Å². The lowest BCUT2D eigenvalue weighted by Gasteiger charge is -2.32. The van der Waals surface area contributed by atoms with Gasteiger partial charge in [0.2, 0.25) is 11.8 Å². The van der Waals surface area contributed by atoms with Crippen LogP contribution in [0.3, 0.4) is 0 Å². The molecule has 3 rings (SSSR count). The van der Waals surface area contributed by atoms with Crippen molar-refractivity contribution in [3.05, 3.63) is 95.6 Å². The van der Waals surface area contributed by atoms with Crippen molar-refractivity contribution in [2.45, 2.75) is 45.2 Å². The van der Waals surface area contributed by atoms with Crippen LogP contribution >= 0.6 is 0 Å².